The minimum Gasteiger partial charge on any atom is -0.383 e. The van der Waals surface area contributed by atoms with E-state index in [9.17, 15) is 9.59 Å². The van der Waals surface area contributed by atoms with Crippen molar-refractivity contribution in [2.75, 3.05) is 32.1 Å². The predicted molar refractivity (Wildman–Crippen MR) is 125 cm³/mol. The number of rotatable bonds is 9. The minimum absolute atomic E-state index is 0.127. The Bertz CT molecular complexity index is 1040. The van der Waals surface area contributed by atoms with Crippen LogP contribution >= 0.6 is 27.3 Å². The number of ether oxygens (including phenoxy) is 1. The molecular formula is C22H23BrN4O3S. The summed E-state index contributed by atoms with van der Waals surface area (Å²) in [6, 6.07) is 15.1. The average Bonchev–Trinajstić information content (AvgIpc) is 3.22. The quantitative estimate of drug-likeness (QED) is 0.468. The second-order valence-corrected chi connectivity index (χ2v) is 8.77. The van der Waals surface area contributed by atoms with E-state index >= 15 is 0 Å². The Hall–Kier alpha value is -2.62. The number of aryl methyl sites for hydroxylation is 1. The Kier molecular flexibility index (Phi) is 8.27. The first-order chi connectivity index (χ1) is 15.0. The maximum absolute atomic E-state index is 12.8. The van der Waals surface area contributed by atoms with Gasteiger partial charge in [0.05, 0.1) is 6.61 Å². The Morgan fingerprint density at radius 3 is 2.61 bits per heavy atom. The maximum atomic E-state index is 12.8. The highest BCUT2D eigenvalue weighted by atomic mass is 79.9. The van der Waals surface area contributed by atoms with E-state index in [1.807, 2.05) is 43.3 Å². The van der Waals surface area contributed by atoms with Crippen molar-refractivity contribution >= 4 is 44.2 Å². The Morgan fingerprint density at radius 1 is 1.13 bits per heavy atom. The third kappa shape index (κ3) is 6.68. The number of anilines is 1. The molecule has 31 heavy (non-hydrogen) atoms. The summed E-state index contributed by atoms with van der Waals surface area (Å²) in [5.41, 5.74) is 2.59. The molecule has 0 aliphatic carbocycles. The van der Waals surface area contributed by atoms with E-state index in [0.717, 1.165) is 15.6 Å². The van der Waals surface area contributed by atoms with E-state index in [4.69, 9.17) is 4.74 Å². The summed E-state index contributed by atoms with van der Waals surface area (Å²) in [6.07, 6.45) is 0.146. The number of amides is 2. The summed E-state index contributed by atoms with van der Waals surface area (Å²) in [6.45, 7) is 3.05. The molecule has 0 aliphatic heterocycles. The number of hydrogen-bond donors (Lipinski definition) is 1. The van der Waals surface area contributed by atoms with Crippen LogP contribution in [-0.2, 0) is 9.53 Å². The van der Waals surface area contributed by atoms with Crippen LogP contribution in [0.15, 0.2) is 53.0 Å². The van der Waals surface area contributed by atoms with Crippen LogP contribution in [0.3, 0.4) is 0 Å². The van der Waals surface area contributed by atoms with Gasteiger partial charge < -0.3 is 15.0 Å². The molecule has 1 aromatic heterocycles. The van der Waals surface area contributed by atoms with Crippen LogP contribution in [0.25, 0.3) is 10.6 Å². The van der Waals surface area contributed by atoms with Crippen molar-refractivity contribution in [3.63, 3.8) is 0 Å². The molecule has 1 N–H and O–H groups in total. The molecule has 0 radical (unpaired) electrons. The van der Waals surface area contributed by atoms with Gasteiger partial charge in [0.1, 0.15) is 5.01 Å². The number of nitrogens with zero attached hydrogens (tertiary/aromatic N) is 3. The Morgan fingerprint density at radius 2 is 1.90 bits per heavy atom. The van der Waals surface area contributed by atoms with Gasteiger partial charge in [-0.05, 0) is 31.2 Å². The second kappa shape index (κ2) is 11.1. The van der Waals surface area contributed by atoms with Gasteiger partial charge in [-0.3, -0.25) is 9.59 Å². The molecule has 1 heterocycles. The van der Waals surface area contributed by atoms with E-state index in [-0.39, 0.29) is 24.8 Å². The molecule has 2 amide bonds. The van der Waals surface area contributed by atoms with Gasteiger partial charge in [0.25, 0.3) is 5.91 Å². The van der Waals surface area contributed by atoms with Crippen LogP contribution in [0, 0.1) is 6.92 Å². The van der Waals surface area contributed by atoms with Gasteiger partial charge in [-0.25, -0.2) is 0 Å². The lowest BCUT2D eigenvalue weighted by molar-refractivity contribution is -0.116. The normalized spacial score (nSPS) is 10.7. The molecule has 3 rings (SSSR count). The summed E-state index contributed by atoms with van der Waals surface area (Å²) in [4.78, 5) is 26.9. The molecule has 0 atom stereocenters. The number of carbonyl (C=O) groups is 2. The molecular weight excluding hydrogens is 480 g/mol. The smallest absolute Gasteiger partial charge is 0.253 e. The van der Waals surface area contributed by atoms with Gasteiger partial charge >= 0.3 is 0 Å². The van der Waals surface area contributed by atoms with Crippen LogP contribution in [0.1, 0.15) is 22.3 Å². The van der Waals surface area contributed by atoms with Crippen molar-refractivity contribution in [1.29, 1.82) is 0 Å². The molecule has 7 nitrogen and oxygen atoms in total. The first-order valence-corrected chi connectivity index (χ1v) is 11.3. The fourth-order valence-corrected chi connectivity index (χ4v) is 3.98. The van der Waals surface area contributed by atoms with Crippen molar-refractivity contribution in [2.45, 2.75) is 13.3 Å². The first-order valence-electron chi connectivity index (χ1n) is 9.70. The molecule has 0 aliphatic rings. The number of benzene rings is 2. The van der Waals surface area contributed by atoms with Crippen LogP contribution in [0.2, 0.25) is 0 Å². The number of carbonyl (C=O) groups excluding carboxylic acids is 2. The summed E-state index contributed by atoms with van der Waals surface area (Å²) in [5, 5.41) is 12.1. The molecule has 2 aromatic carbocycles. The van der Waals surface area contributed by atoms with E-state index in [1.165, 1.54) is 11.3 Å². The summed E-state index contributed by atoms with van der Waals surface area (Å²) in [5.74, 6) is -0.353. The summed E-state index contributed by atoms with van der Waals surface area (Å²) >= 11 is 4.74. The van der Waals surface area contributed by atoms with E-state index in [0.29, 0.717) is 28.9 Å². The van der Waals surface area contributed by atoms with Crippen LogP contribution < -0.4 is 5.32 Å². The second-order valence-electron chi connectivity index (χ2n) is 6.87. The molecule has 0 spiro atoms. The Labute approximate surface area is 193 Å². The molecule has 0 bridgehead atoms. The van der Waals surface area contributed by atoms with Crippen molar-refractivity contribution in [3.8, 4) is 10.6 Å². The monoisotopic (exact) mass is 502 g/mol. The molecule has 162 valence electrons. The highest BCUT2D eigenvalue weighted by Crippen LogP contribution is 2.28. The fourth-order valence-electron chi connectivity index (χ4n) is 2.83. The van der Waals surface area contributed by atoms with Crippen molar-refractivity contribution < 1.29 is 14.3 Å². The topological polar surface area (TPSA) is 84.4 Å². The number of aromatic nitrogens is 2. The van der Waals surface area contributed by atoms with Crippen molar-refractivity contribution in [1.82, 2.24) is 15.1 Å². The fraction of sp³-hybridized carbons (Fsp3) is 0.273. The molecule has 0 saturated heterocycles. The SMILES string of the molecule is COCCN(CCC(=O)Nc1nnc(-c2cccc(Br)c2)s1)C(=O)c1ccc(C)cc1. The summed E-state index contributed by atoms with van der Waals surface area (Å²) in [7, 11) is 1.58. The lowest BCUT2D eigenvalue weighted by atomic mass is 10.1. The van der Waals surface area contributed by atoms with Gasteiger partial charge in [-0.1, -0.05) is 57.1 Å². The molecule has 0 fully saturated rings. The zero-order chi connectivity index (χ0) is 22.2. The summed E-state index contributed by atoms with van der Waals surface area (Å²) < 4.78 is 6.06. The number of halogens is 1. The third-order valence-corrected chi connectivity index (χ3v) is 5.88. The largest absolute Gasteiger partial charge is 0.383 e. The molecule has 0 unspecified atom stereocenters. The standard InChI is InChI=1S/C22H23BrN4O3S/c1-15-6-8-16(9-7-15)21(29)27(12-13-30-2)11-10-19(28)24-22-26-25-20(31-22)17-4-3-5-18(23)14-17/h3-9,14H,10-13H2,1-2H3,(H,24,26,28). The zero-order valence-electron chi connectivity index (χ0n) is 17.3. The van der Waals surface area contributed by atoms with Gasteiger partial charge in [0, 0.05) is 42.2 Å². The van der Waals surface area contributed by atoms with Crippen LogP contribution in [-0.4, -0.2) is 53.7 Å². The number of nitrogens with one attached hydrogen (secondary N) is 1. The highest BCUT2D eigenvalue weighted by Gasteiger charge is 2.17. The molecule has 9 heteroatoms. The Balaban J connectivity index is 1.59. The highest BCUT2D eigenvalue weighted by molar-refractivity contribution is 9.10. The van der Waals surface area contributed by atoms with Crippen LogP contribution in [0.5, 0.6) is 0 Å². The lowest BCUT2D eigenvalue weighted by Gasteiger charge is -2.22. The maximum Gasteiger partial charge on any atom is 0.253 e. The van der Waals surface area contributed by atoms with Gasteiger partial charge in [-0.15, -0.1) is 10.2 Å². The number of methoxy groups -OCH3 is 1. The first kappa shape index (κ1) is 23.1. The molecule has 0 saturated carbocycles. The minimum atomic E-state index is -0.226. The number of hydrogen-bond acceptors (Lipinski definition) is 6. The lowest BCUT2D eigenvalue weighted by Crippen LogP contribution is -2.36. The van der Waals surface area contributed by atoms with Gasteiger partial charge in [0.15, 0.2) is 0 Å². The predicted octanol–water partition coefficient (Wildman–Crippen LogP) is 4.39. The van der Waals surface area contributed by atoms with Crippen molar-refractivity contribution in [2.24, 2.45) is 0 Å². The van der Waals surface area contributed by atoms with E-state index in [2.05, 4.69) is 31.4 Å². The van der Waals surface area contributed by atoms with Gasteiger partial charge in [0.2, 0.25) is 11.0 Å². The van der Waals surface area contributed by atoms with E-state index < -0.39 is 0 Å². The average molecular weight is 503 g/mol. The molecule has 3 aromatic rings. The van der Waals surface area contributed by atoms with Crippen molar-refractivity contribution in [3.05, 3.63) is 64.1 Å². The van der Waals surface area contributed by atoms with E-state index in [1.54, 1.807) is 24.1 Å². The third-order valence-electron chi connectivity index (χ3n) is 4.50. The van der Waals surface area contributed by atoms with Gasteiger partial charge in [-0.2, -0.15) is 0 Å². The zero-order valence-corrected chi connectivity index (χ0v) is 19.7. The van der Waals surface area contributed by atoms with Crippen LogP contribution in [0.4, 0.5) is 5.13 Å².